The van der Waals surface area contributed by atoms with Crippen molar-refractivity contribution in [2.75, 3.05) is 32.9 Å². The van der Waals surface area contributed by atoms with Crippen molar-refractivity contribution in [3.05, 3.63) is 17.7 Å². The highest BCUT2D eigenvalue weighted by Gasteiger charge is 2.20. The van der Waals surface area contributed by atoms with Gasteiger partial charge in [-0.1, -0.05) is 0 Å². The quantitative estimate of drug-likeness (QED) is 0.697. The van der Waals surface area contributed by atoms with Gasteiger partial charge in [-0.05, 0) is 52.3 Å². The summed E-state index contributed by atoms with van der Waals surface area (Å²) in [6, 6.07) is 3.79. The van der Waals surface area contributed by atoms with E-state index in [1.807, 2.05) is 20.8 Å². The zero-order valence-electron chi connectivity index (χ0n) is 15.2. The van der Waals surface area contributed by atoms with E-state index in [1.165, 1.54) is 0 Å². The van der Waals surface area contributed by atoms with Gasteiger partial charge in [0.2, 0.25) is 5.75 Å². The molecule has 6 nitrogen and oxygen atoms in total. The summed E-state index contributed by atoms with van der Waals surface area (Å²) in [5.41, 5.74) is 0.517. The number of halogens is 1. The average molecular weight is 373 g/mol. The summed E-state index contributed by atoms with van der Waals surface area (Å²) in [7, 11) is 0. The first-order chi connectivity index (χ1) is 11.7. The highest BCUT2D eigenvalue weighted by molar-refractivity contribution is 5.95. The van der Waals surface area contributed by atoms with Crippen molar-refractivity contribution in [3.8, 4) is 17.2 Å². The average Bonchev–Trinajstić information content (AvgIpc) is 3.09. The van der Waals surface area contributed by atoms with Crippen LogP contribution in [0.25, 0.3) is 0 Å². The molecule has 2 N–H and O–H groups in total. The summed E-state index contributed by atoms with van der Waals surface area (Å²) in [5, 5.41) is 6.35. The molecule has 1 saturated heterocycles. The molecule has 25 heavy (non-hydrogen) atoms. The number of benzene rings is 1. The Morgan fingerprint density at radius 3 is 2.20 bits per heavy atom. The molecule has 1 aromatic carbocycles. The van der Waals surface area contributed by atoms with E-state index in [0.29, 0.717) is 55.2 Å². The molecule has 1 unspecified atom stereocenters. The van der Waals surface area contributed by atoms with Crippen LogP contribution in [0.5, 0.6) is 17.2 Å². The standard InChI is InChI=1S/C18H28N2O4.ClH/c1-4-22-15-10-13(11-16(23-5-2)17(15)24-6-3)18(21)20-12-14-8-7-9-19-14;/h10-11,14,19H,4-9,12H2,1-3H3,(H,20,21);1H. The fourth-order valence-corrected chi connectivity index (χ4v) is 2.77. The zero-order chi connectivity index (χ0) is 17.4. The summed E-state index contributed by atoms with van der Waals surface area (Å²) in [6.07, 6.45) is 2.25. The number of hydrogen-bond donors (Lipinski definition) is 2. The lowest BCUT2D eigenvalue weighted by Gasteiger charge is -2.17. The van der Waals surface area contributed by atoms with Crippen LogP contribution >= 0.6 is 12.4 Å². The van der Waals surface area contributed by atoms with Crippen LogP contribution < -0.4 is 24.8 Å². The van der Waals surface area contributed by atoms with Gasteiger partial charge in [-0.25, -0.2) is 0 Å². The van der Waals surface area contributed by atoms with Crippen LogP contribution in [0.3, 0.4) is 0 Å². The van der Waals surface area contributed by atoms with Gasteiger partial charge in [0.25, 0.3) is 5.91 Å². The number of carbonyl (C=O) groups is 1. The molecule has 0 bridgehead atoms. The molecule has 0 saturated carbocycles. The van der Waals surface area contributed by atoms with Crippen LogP contribution in [0.1, 0.15) is 44.0 Å². The minimum atomic E-state index is -0.131. The fourth-order valence-electron chi connectivity index (χ4n) is 2.77. The molecule has 1 heterocycles. The van der Waals surface area contributed by atoms with E-state index in [-0.39, 0.29) is 18.3 Å². The summed E-state index contributed by atoms with van der Waals surface area (Å²) in [6.45, 7) is 8.82. The number of ether oxygens (including phenoxy) is 3. The second-order valence-corrected chi connectivity index (χ2v) is 5.60. The van der Waals surface area contributed by atoms with Crippen LogP contribution in [0.15, 0.2) is 12.1 Å². The topological polar surface area (TPSA) is 68.8 Å². The van der Waals surface area contributed by atoms with Crippen molar-refractivity contribution in [2.24, 2.45) is 0 Å². The van der Waals surface area contributed by atoms with E-state index in [9.17, 15) is 4.79 Å². The smallest absolute Gasteiger partial charge is 0.251 e. The molecule has 1 aliphatic heterocycles. The van der Waals surface area contributed by atoms with E-state index in [0.717, 1.165) is 19.4 Å². The summed E-state index contributed by atoms with van der Waals surface area (Å²) in [4.78, 5) is 12.5. The molecule has 1 atom stereocenters. The number of nitrogens with one attached hydrogen (secondary N) is 2. The minimum Gasteiger partial charge on any atom is -0.490 e. The summed E-state index contributed by atoms with van der Waals surface area (Å²) < 4.78 is 17.0. The van der Waals surface area contributed by atoms with Crippen molar-refractivity contribution < 1.29 is 19.0 Å². The van der Waals surface area contributed by atoms with Gasteiger partial charge in [0.15, 0.2) is 11.5 Å². The first-order valence-corrected chi connectivity index (χ1v) is 8.77. The SMILES string of the molecule is CCOc1cc(C(=O)NCC2CCCN2)cc(OCC)c1OCC.Cl. The molecular formula is C18H29ClN2O4. The zero-order valence-corrected chi connectivity index (χ0v) is 16.0. The Kier molecular flexibility index (Phi) is 9.45. The number of rotatable bonds is 9. The highest BCUT2D eigenvalue weighted by Crippen LogP contribution is 2.39. The van der Waals surface area contributed by atoms with E-state index in [1.54, 1.807) is 12.1 Å². The first-order valence-electron chi connectivity index (χ1n) is 8.77. The maximum atomic E-state index is 12.5. The van der Waals surface area contributed by atoms with Crippen LogP contribution in [-0.2, 0) is 0 Å². The third-order valence-electron chi connectivity index (χ3n) is 3.84. The normalized spacial score (nSPS) is 16.0. The first kappa shape index (κ1) is 21.4. The Morgan fingerprint density at radius 1 is 1.12 bits per heavy atom. The van der Waals surface area contributed by atoms with Crippen molar-refractivity contribution in [1.82, 2.24) is 10.6 Å². The number of amides is 1. The molecule has 1 aromatic rings. The van der Waals surface area contributed by atoms with Gasteiger partial charge in [-0.3, -0.25) is 4.79 Å². The second-order valence-electron chi connectivity index (χ2n) is 5.60. The van der Waals surface area contributed by atoms with Crippen LogP contribution in [-0.4, -0.2) is 44.9 Å². The Bertz CT molecular complexity index is 521. The molecule has 0 radical (unpaired) electrons. The van der Waals surface area contributed by atoms with Gasteiger partial charge in [0.05, 0.1) is 19.8 Å². The lowest BCUT2D eigenvalue weighted by molar-refractivity contribution is 0.0949. The van der Waals surface area contributed by atoms with Crippen molar-refractivity contribution in [1.29, 1.82) is 0 Å². The molecule has 0 spiro atoms. The molecule has 1 amide bonds. The van der Waals surface area contributed by atoms with Crippen LogP contribution in [0.2, 0.25) is 0 Å². The molecule has 0 aliphatic carbocycles. The third-order valence-corrected chi connectivity index (χ3v) is 3.84. The monoisotopic (exact) mass is 372 g/mol. The minimum absolute atomic E-state index is 0. The van der Waals surface area contributed by atoms with Gasteiger partial charge in [0.1, 0.15) is 0 Å². The molecule has 1 aliphatic rings. The van der Waals surface area contributed by atoms with E-state index in [4.69, 9.17) is 14.2 Å². The molecular weight excluding hydrogens is 344 g/mol. The molecule has 2 rings (SSSR count). The fraction of sp³-hybridized carbons (Fsp3) is 0.611. The molecule has 0 aromatic heterocycles. The summed E-state index contributed by atoms with van der Waals surface area (Å²) in [5.74, 6) is 1.49. The third kappa shape index (κ3) is 5.97. The Balaban J connectivity index is 0.00000312. The predicted octanol–water partition coefficient (Wildman–Crippen LogP) is 2.79. The summed E-state index contributed by atoms with van der Waals surface area (Å²) >= 11 is 0. The maximum Gasteiger partial charge on any atom is 0.251 e. The Hall–Kier alpha value is -1.66. The predicted molar refractivity (Wildman–Crippen MR) is 101 cm³/mol. The van der Waals surface area contributed by atoms with Crippen LogP contribution in [0, 0.1) is 0 Å². The molecule has 142 valence electrons. The Morgan fingerprint density at radius 2 is 1.72 bits per heavy atom. The largest absolute Gasteiger partial charge is 0.490 e. The van der Waals surface area contributed by atoms with Crippen LogP contribution in [0.4, 0.5) is 0 Å². The lowest BCUT2D eigenvalue weighted by atomic mass is 10.1. The highest BCUT2D eigenvalue weighted by atomic mass is 35.5. The maximum absolute atomic E-state index is 12.5. The Labute approximate surface area is 156 Å². The molecule has 7 heteroatoms. The van der Waals surface area contributed by atoms with E-state index in [2.05, 4.69) is 10.6 Å². The van der Waals surface area contributed by atoms with Gasteiger partial charge in [-0.2, -0.15) is 0 Å². The number of carbonyl (C=O) groups excluding carboxylic acids is 1. The molecule has 1 fully saturated rings. The van der Waals surface area contributed by atoms with Crippen molar-refractivity contribution >= 4 is 18.3 Å². The van der Waals surface area contributed by atoms with E-state index >= 15 is 0 Å². The van der Waals surface area contributed by atoms with Crippen molar-refractivity contribution in [2.45, 2.75) is 39.7 Å². The van der Waals surface area contributed by atoms with Gasteiger partial charge in [-0.15, -0.1) is 12.4 Å². The number of hydrogen-bond acceptors (Lipinski definition) is 5. The van der Waals surface area contributed by atoms with Gasteiger partial charge < -0.3 is 24.8 Å². The van der Waals surface area contributed by atoms with E-state index < -0.39 is 0 Å². The lowest BCUT2D eigenvalue weighted by Crippen LogP contribution is -2.37. The van der Waals surface area contributed by atoms with Gasteiger partial charge in [0, 0.05) is 18.2 Å². The second kappa shape index (κ2) is 11.1. The van der Waals surface area contributed by atoms with Crippen molar-refractivity contribution in [3.63, 3.8) is 0 Å². The van der Waals surface area contributed by atoms with Gasteiger partial charge >= 0.3 is 0 Å².